The summed E-state index contributed by atoms with van der Waals surface area (Å²) in [4.78, 5) is 28.2. The summed E-state index contributed by atoms with van der Waals surface area (Å²) in [5, 5.41) is 13.2. The van der Waals surface area contributed by atoms with Crippen molar-refractivity contribution in [2.75, 3.05) is 19.1 Å². The van der Waals surface area contributed by atoms with E-state index < -0.39 is 17.7 Å². The molecule has 1 atom stereocenters. The smallest absolute Gasteiger partial charge is 0.300 e. The maximum atomic E-state index is 13.1. The molecule has 6 nitrogen and oxygen atoms in total. The third-order valence-electron chi connectivity index (χ3n) is 5.03. The van der Waals surface area contributed by atoms with Crippen LogP contribution in [0.4, 0.5) is 5.69 Å². The van der Waals surface area contributed by atoms with Gasteiger partial charge in [0, 0.05) is 16.1 Å². The molecule has 1 aliphatic heterocycles. The highest BCUT2D eigenvalue weighted by Gasteiger charge is 2.47. The van der Waals surface area contributed by atoms with Crippen LogP contribution in [-0.2, 0) is 9.59 Å². The lowest BCUT2D eigenvalue weighted by molar-refractivity contribution is -0.132. The van der Waals surface area contributed by atoms with Gasteiger partial charge in [0.1, 0.15) is 23.3 Å². The Balaban J connectivity index is 1.88. The molecule has 158 valence electrons. The van der Waals surface area contributed by atoms with Gasteiger partial charge in [0.2, 0.25) is 0 Å². The van der Waals surface area contributed by atoms with Crippen LogP contribution < -0.4 is 14.4 Å². The highest BCUT2D eigenvalue weighted by Crippen LogP contribution is 2.44. The van der Waals surface area contributed by atoms with E-state index in [1.54, 1.807) is 43.5 Å². The number of ketones is 1. The molecule has 3 aromatic rings. The molecule has 1 aromatic heterocycles. The summed E-state index contributed by atoms with van der Waals surface area (Å²) in [6, 6.07) is 14.4. The number of rotatable bonds is 5. The number of aliphatic hydroxyl groups is 1. The zero-order valence-corrected chi connectivity index (χ0v) is 18.2. The highest BCUT2D eigenvalue weighted by molar-refractivity contribution is 7.10. The van der Waals surface area contributed by atoms with Crippen molar-refractivity contribution >= 4 is 46.1 Å². The van der Waals surface area contributed by atoms with Crippen LogP contribution in [-0.4, -0.2) is 31.0 Å². The Kier molecular flexibility index (Phi) is 5.71. The summed E-state index contributed by atoms with van der Waals surface area (Å²) in [6.45, 7) is 0. The summed E-state index contributed by atoms with van der Waals surface area (Å²) >= 11 is 7.60. The first kappa shape index (κ1) is 21.0. The molecule has 1 aliphatic rings. The number of carbonyl (C=O) groups excluding carboxylic acids is 2. The van der Waals surface area contributed by atoms with E-state index in [9.17, 15) is 14.7 Å². The van der Waals surface area contributed by atoms with E-state index in [4.69, 9.17) is 21.1 Å². The molecule has 0 radical (unpaired) electrons. The van der Waals surface area contributed by atoms with Gasteiger partial charge >= 0.3 is 0 Å². The van der Waals surface area contributed by atoms with Crippen molar-refractivity contribution in [1.29, 1.82) is 0 Å². The Hall–Kier alpha value is -3.29. The normalized spacial score (nSPS) is 17.8. The summed E-state index contributed by atoms with van der Waals surface area (Å²) in [5.74, 6) is -0.715. The molecule has 1 saturated heterocycles. The number of anilines is 1. The molecule has 4 rings (SSSR count). The second-order valence-electron chi connectivity index (χ2n) is 6.73. The van der Waals surface area contributed by atoms with Crippen LogP contribution >= 0.6 is 22.9 Å². The molecule has 1 N–H and O–H groups in total. The number of methoxy groups -OCH3 is 2. The third kappa shape index (κ3) is 3.66. The maximum absolute atomic E-state index is 13.1. The number of ether oxygens (including phenoxy) is 2. The Morgan fingerprint density at radius 2 is 1.81 bits per heavy atom. The van der Waals surface area contributed by atoms with Crippen molar-refractivity contribution in [2.45, 2.75) is 6.04 Å². The predicted octanol–water partition coefficient (Wildman–Crippen LogP) is 5.05. The largest absolute Gasteiger partial charge is 0.507 e. The second kappa shape index (κ2) is 8.45. The summed E-state index contributed by atoms with van der Waals surface area (Å²) in [6.07, 6.45) is 0. The van der Waals surface area contributed by atoms with Gasteiger partial charge in [-0.05, 0) is 53.9 Å². The molecule has 1 unspecified atom stereocenters. The van der Waals surface area contributed by atoms with Gasteiger partial charge in [0.15, 0.2) is 0 Å². The van der Waals surface area contributed by atoms with Gasteiger partial charge in [-0.3, -0.25) is 14.5 Å². The molecule has 8 heteroatoms. The molecule has 0 saturated carbocycles. The number of carbonyl (C=O) groups is 2. The van der Waals surface area contributed by atoms with E-state index in [1.807, 2.05) is 17.5 Å². The van der Waals surface area contributed by atoms with Crippen molar-refractivity contribution < 1.29 is 24.2 Å². The summed E-state index contributed by atoms with van der Waals surface area (Å²) in [5.41, 5.74) is 0.845. The van der Waals surface area contributed by atoms with Crippen molar-refractivity contribution in [1.82, 2.24) is 0 Å². The van der Waals surface area contributed by atoms with Crippen LogP contribution in [0.5, 0.6) is 11.5 Å². The monoisotopic (exact) mass is 455 g/mol. The lowest BCUT2D eigenvalue weighted by atomic mass is 9.99. The van der Waals surface area contributed by atoms with Crippen molar-refractivity contribution in [3.63, 3.8) is 0 Å². The zero-order chi connectivity index (χ0) is 22.1. The van der Waals surface area contributed by atoms with Gasteiger partial charge in [-0.25, -0.2) is 0 Å². The average molecular weight is 456 g/mol. The van der Waals surface area contributed by atoms with Gasteiger partial charge in [0.05, 0.1) is 24.8 Å². The van der Waals surface area contributed by atoms with Crippen LogP contribution in [0.3, 0.4) is 0 Å². The van der Waals surface area contributed by atoms with E-state index in [2.05, 4.69) is 0 Å². The highest BCUT2D eigenvalue weighted by atomic mass is 35.5. The lowest BCUT2D eigenvalue weighted by Gasteiger charge is -2.24. The third-order valence-corrected chi connectivity index (χ3v) is 6.25. The van der Waals surface area contributed by atoms with E-state index in [0.717, 1.165) is 4.88 Å². The number of nitrogens with zero attached hydrogens (tertiary/aromatic N) is 1. The van der Waals surface area contributed by atoms with E-state index >= 15 is 0 Å². The predicted molar refractivity (Wildman–Crippen MR) is 120 cm³/mol. The van der Waals surface area contributed by atoms with Gasteiger partial charge in [0.25, 0.3) is 11.7 Å². The van der Waals surface area contributed by atoms with Gasteiger partial charge in [-0.1, -0.05) is 17.7 Å². The molecule has 0 spiro atoms. The standard InChI is InChI=1S/C23H18ClNO5S/c1-29-15-8-6-14(7-9-15)25-20(18-4-3-11-31-18)19(22(27)23(25)28)21(26)13-5-10-17(30-2)16(24)12-13/h3-12,20,26H,1-2H3/b21-19-. The molecule has 1 fully saturated rings. The first-order valence-corrected chi connectivity index (χ1v) is 10.5. The Morgan fingerprint density at radius 3 is 2.39 bits per heavy atom. The number of aliphatic hydroxyl groups excluding tert-OH is 1. The number of thiophene rings is 1. The molecule has 31 heavy (non-hydrogen) atoms. The van der Waals surface area contributed by atoms with Crippen LogP contribution in [0, 0.1) is 0 Å². The number of hydrogen-bond donors (Lipinski definition) is 1. The quantitative estimate of drug-likeness (QED) is 0.331. The molecule has 2 heterocycles. The fourth-order valence-corrected chi connectivity index (χ4v) is 4.61. The number of hydrogen-bond acceptors (Lipinski definition) is 6. The molecule has 2 aromatic carbocycles. The fourth-order valence-electron chi connectivity index (χ4n) is 3.53. The van der Waals surface area contributed by atoms with Gasteiger partial charge in [-0.15, -0.1) is 11.3 Å². The number of benzene rings is 2. The molecular weight excluding hydrogens is 438 g/mol. The summed E-state index contributed by atoms with van der Waals surface area (Å²) in [7, 11) is 3.03. The molecule has 0 aliphatic carbocycles. The minimum atomic E-state index is -0.769. The number of amides is 1. The van der Waals surface area contributed by atoms with E-state index in [-0.39, 0.29) is 16.4 Å². The number of halogens is 1. The minimum Gasteiger partial charge on any atom is -0.507 e. The average Bonchev–Trinajstić information content (AvgIpc) is 3.40. The van der Waals surface area contributed by atoms with E-state index in [0.29, 0.717) is 22.7 Å². The van der Waals surface area contributed by atoms with Crippen LogP contribution in [0.25, 0.3) is 5.76 Å². The minimum absolute atomic E-state index is 0.00417. The Bertz CT molecular complexity index is 1170. The maximum Gasteiger partial charge on any atom is 0.300 e. The van der Waals surface area contributed by atoms with Crippen LogP contribution in [0.1, 0.15) is 16.5 Å². The Morgan fingerprint density at radius 1 is 1.06 bits per heavy atom. The van der Waals surface area contributed by atoms with Gasteiger partial charge in [-0.2, -0.15) is 0 Å². The molecular formula is C23H18ClNO5S. The summed E-state index contributed by atoms with van der Waals surface area (Å²) < 4.78 is 10.3. The first-order chi connectivity index (χ1) is 15.0. The van der Waals surface area contributed by atoms with Crippen LogP contribution in [0.2, 0.25) is 5.02 Å². The van der Waals surface area contributed by atoms with Crippen molar-refractivity contribution in [3.8, 4) is 11.5 Å². The topological polar surface area (TPSA) is 76.1 Å². The van der Waals surface area contributed by atoms with Crippen molar-refractivity contribution in [2.24, 2.45) is 0 Å². The second-order valence-corrected chi connectivity index (χ2v) is 8.12. The SMILES string of the molecule is COc1ccc(N2C(=O)C(=O)/C(=C(\O)c3ccc(OC)c(Cl)c3)C2c2cccs2)cc1. The Labute approximate surface area is 187 Å². The first-order valence-electron chi connectivity index (χ1n) is 9.28. The fraction of sp³-hybridized carbons (Fsp3) is 0.130. The van der Waals surface area contributed by atoms with Crippen LogP contribution in [0.15, 0.2) is 65.6 Å². The van der Waals surface area contributed by atoms with E-state index in [1.165, 1.54) is 29.4 Å². The zero-order valence-electron chi connectivity index (χ0n) is 16.7. The molecule has 1 amide bonds. The van der Waals surface area contributed by atoms with Crippen molar-refractivity contribution in [3.05, 3.63) is 81.0 Å². The molecule has 0 bridgehead atoms. The van der Waals surface area contributed by atoms with Gasteiger partial charge < -0.3 is 14.6 Å². The lowest BCUT2D eigenvalue weighted by Crippen LogP contribution is -2.29. The number of Topliss-reactive ketones (excluding diaryl/α,β-unsaturated/α-hetero) is 1.